The van der Waals surface area contributed by atoms with Crippen LogP contribution in [0.25, 0.3) is 0 Å². The average Bonchev–Trinajstić information content (AvgIpc) is 3.09. The molecule has 1 N–H and O–H groups in total. The van der Waals surface area contributed by atoms with Gasteiger partial charge in [-0.1, -0.05) is 6.92 Å². The van der Waals surface area contributed by atoms with Crippen molar-refractivity contribution in [1.29, 1.82) is 0 Å². The Balaban J connectivity index is 2.40. The highest BCUT2D eigenvalue weighted by Crippen LogP contribution is 2.30. The maximum absolute atomic E-state index is 5.24. The van der Waals surface area contributed by atoms with E-state index >= 15 is 0 Å². The maximum atomic E-state index is 5.24. The summed E-state index contributed by atoms with van der Waals surface area (Å²) in [7, 11) is 1.79. The molecule has 0 spiro atoms. The van der Waals surface area contributed by atoms with Gasteiger partial charge in [0.2, 0.25) is 0 Å². The first-order valence-electron chi connectivity index (χ1n) is 7.35. The predicted octanol–water partition coefficient (Wildman–Crippen LogP) is 2.51. The molecule has 0 amide bonds. The Morgan fingerprint density at radius 3 is 2.33 bits per heavy atom. The van der Waals surface area contributed by atoms with E-state index in [9.17, 15) is 0 Å². The van der Waals surface area contributed by atoms with Gasteiger partial charge in [0.05, 0.1) is 6.61 Å². The van der Waals surface area contributed by atoms with Crippen LogP contribution >= 0.6 is 0 Å². The number of nitrogens with zero attached hydrogens (tertiary/aromatic N) is 1. The fourth-order valence-electron chi connectivity index (χ4n) is 2.29. The normalized spacial score (nSPS) is 20.2. The van der Waals surface area contributed by atoms with Crippen molar-refractivity contribution >= 4 is 0 Å². The zero-order valence-electron chi connectivity index (χ0n) is 13.1. The maximum Gasteiger partial charge on any atom is 0.0589 e. The molecule has 0 bridgehead atoms. The van der Waals surface area contributed by atoms with E-state index in [2.05, 4.69) is 44.8 Å². The monoisotopic (exact) mass is 256 g/mol. The summed E-state index contributed by atoms with van der Waals surface area (Å²) >= 11 is 0. The van der Waals surface area contributed by atoms with Gasteiger partial charge in [-0.25, -0.2) is 0 Å². The van der Waals surface area contributed by atoms with E-state index < -0.39 is 0 Å². The lowest BCUT2D eigenvalue weighted by molar-refractivity contribution is 0.0959. The Bertz CT molecular complexity index is 233. The lowest BCUT2D eigenvalue weighted by atomic mass is 9.99. The fourth-order valence-corrected chi connectivity index (χ4v) is 2.29. The highest BCUT2D eigenvalue weighted by atomic mass is 16.5. The molecular weight excluding hydrogens is 224 g/mol. The zero-order chi connectivity index (χ0) is 13.8. The molecule has 0 aromatic heterocycles. The van der Waals surface area contributed by atoms with Gasteiger partial charge in [-0.3, -0.25) is 4.90 Å². The SMILES string of the molecule is COCCN(C1CC1)C(C)C(C)CNC(C)(C)C. The van der Waals surface area contributed by atoms with Crippen molar-refractivity contribution in [3.63, 3.8) is 0 Å². The molecule has 0 aromatic carbocycles. The first-order valence-corrected chi connectivity index (χ1v) is 7.35. The molecule has 108 valence electrons. The third kappa shape index (κ3) is 5.68. The number of hydrogen-bond acceptors (Lipinski definition) is 3. The van der Waals surface area contributed by atoms with Crippen LogP contribution in [0, 0.1) is 5.92 Å². The van der Waals surface area contributed by atoms with Gasteiger partial charge in [0.25, 0.3) is 0 Å². The molecule has 2 unspecified atom stereocenters. The van der Waals surface area contributed by atoms with Crippen molar-refractivity contribution in [2.24, 2.45) is 5.92 Å². The lowest BCUT2D eigenvalue weighted by Gasteiger charge is -2.35. The number of methoxy groups -OCH3 is 1. The Labute approximate surface area is 113 Å². The van der Waals surface area contributed by atoms with Crippen LogP contribution in [-0.4, -0.2) is 49.3 Å². The molecule has 1 aliphatic carbocycles. The van der Waals surface area contributed by atoms with Crippen LogP contribution in [0.3, 0.4) is 0 Å². The minimum Gasteiger partial charge on any atom is -0.383 e. The van der Waals surface area contributed by atoms with Gasteiger partial charge in [0.15, 0.2) is 0 Å². The summed E-state index contributed by atoms with van der Waals surface area (Å²) in [5, 5.41) is 3.61. The van der Waals surface area contributed by atoms with E-state index in [0.717, 1.165) is 25.7 Å². The largest absolute Gasteiger partial charge is 0.383 e. The molecule has 1 rings (SSSR count). The molecule has 0 heterocycles. The van der Waals surface area contributed by atoms with E-state index in [1.807, 2.05) is 0 Å². The van der Waals surface area contributed by atoms with E-state index in [1.54, 1.807) is 7.11 Å². The topological polar surface area (TPSA) is 24.5 Å². The molecule has 18 heavy (non-hydrogen) atoms. The van der Waals surface area contributed by atoms with E-state index in [0.29, 0.717) is 12.0 Å². The van der Waals surface area contributed by atoms with E-state index in [-0.39, 0.29) is 5.54 Å². The summed E-state index contributed by atoms with van der Waals surface area (Å²) < 4.78 is 5.24. The Kier molecular flexibility index (Phi) is 6.09. The molecule has 0 aliphatic heterocycles. The predicted molar refractivity (Wildman–Crippen MR) is 78.0 cm³/mol. The van der Waals surface area contributed by atoms with Crippen molar-refractivity contribution in [2.75, 3.05) is 26.8 Å². The zero-order valence-corrected chi connectivity index (χ0v) is 13.1. The molecule has 3 nitrogen and oxygen atoms in total. The van der Waals surface area contributed by atoms with Crippen molar-refractivity contribution in [3.05, 3.63) is 0 Å². The standard InChI is InChI=1S/C15H32N2O/c1-12(11-16-15(3,4)5)13(2)17(9-10-18-6)14-7-8-14/h12-14,16H,7-11H2,1-6H3. The molecule has 0 saturated heterocycles. The molecule has 3 heteroatoms. The molecule has 1 saturated carbocycles. The summed E-state index contributed by atoms with van der Waals surface area (Å²) in [6.45, 7) is 14.4. The first kappa shape index (κ1) is 15.9. The van der Waals surface area contributed by atoms with Crippen molar-refractivity contribution in [3.8, 4) is 0 Å². The van der Waals surface area contributed by atoms with Gasteiger partial charge < -0.3 is 10.1 Å². The lowest BCUT2D eigenvalue weighted by Crippen LogP contribution is -2.47. The Morgan fingerprint density at radius 2 is 1.89 bits per heavy atom. The molecule has 0 aromatic rings. The highest BCUT2D eigenvalue weighted by molar-refractivity contribution is 4.89. The molecule has 1 aliphatic rings. The summed E-state index contributed by atoms with van der Waals surface area (Å²) in [4.78, 5) is 2.64. The van der Waals surface area contributed by atoms with Crippen LogP contribution in [0.5, 0.6) is 0 Å². The molecule has 1 fully saturated rings. The van der Waals surface area contributed by atoms with Gasteiger partial charge in [-0.15, -0.1) is 0 Å². The highest BCUT2D eigenvalue weighted by Gasteiger charge is 2.33. The van der Waals surface area contributed by atoms with Crippen molar-refractivity contribution in [1.82, 2.24) is 10.2 Å². The van der Waals surface area contributed by atoms with Crippen LogP contribution in [-0.2, 0) is 4.74 Å². The van der Waals surface area contributed by atoms with Gasteiger partial charge in [-0.2, -0.15) is 0 Å². The van der Waals surface area contributed by atoms with Gasteiger partial charge >= 0.3 is 0 Å². The minimum atomic E-state index is 0.213. The summed E-state index contributed by atoms with van der Waals surface area (Å²) in [6, 6.07) is 1.44. The third-order valence-electron chi connectivity index (χ3n) is 3.87. The number of rotatable bonds is 8. The Morgan fingerprint density at radius 1 is 1.28 bits per heavy atom. The second kappa shape index (κ2) is 6.88. The number of ether oxygens (including phenoxy) is 1. The van der Waals surface area contributed by atoms with Crippen LogP contribution in [0.1, 0.15) is 47.5 Å². The molecule has 2 atom stereocenters. The summed E-state index contributed by atoms with van der Waals surface area (Å²) in [6.07, 6.45) is 2.74. The fraction of sp³-hybridized carbons (Fsp3) is 1.00. The number of hydrogen-bond donors (Lipinski definition) is 1. The smallest absolute Gasteiger partial charge is 0.0589 e. The second-order valence-electron chi connectivity index (χ2n) is 6.81. The molecule has 0 radical (unpaired) electrons. The van der Waals surface area contributed by atoms with Crippen LogP contribution in [0.2, 0.25) is 0 Å². The van der Waals surface area contributed by atoms with Crippen LogP contribution < -0.4 is 5.32 Å². The number of nitrogens with one attached hydrogen (secondary N) is 1. The van der Waals surface area contributed by atoms with Crippen LogP contribution in [0.4, 0.5) is 0 Å². The van der Waals surface area contributed by atoms with E-state index in [4.69, 9.17) is 4.74 Å². The van der Waals surface area contributed by atoms with Crippen LogP contribution in [0.15, 0.2) is 0 Å². The second-order valence-corrected chi connectivity index (χ2v) is 6.81. The first-order chi connectivity index (χ1) is 8.35. The Hall–Kier alpha value is -0.120. The minimum absolute atomic E-state index is 0.213. The summed E-state index contributed by atoms with van der Waals surface area (Å²) in [5.74, 6) is 0.668. The van der Waals surface area contributed by atoms with Gasteiger partial charge in [-0.05, 0) is 53.0 Å². The van der Waals surface area contributed by atoms with Crippen molar-refractivity contribution < 1.29 is 4.74 Å². The molecular formula is C15H32N2O. The van der Waals surface area contributed by atoms with Crippen molar-refractivity contribution in [2.45, 2.75) is 65.1 Å². The van der Waals surface area contributed by atoms with Gasteiger partial charge in [0, 0.05) is 31.3 Å². The van der Waals surface area contributed by atoms with E-state index in [1.165, 1.54) is 12.8 Å². The van der Waals surface area contributed by atoms with Gasteiger partial charge in [0.1, 0.15) is 0 Å². The average molecular weight is 256 g/mol. The summed E-state index contributed by atoms with van der Waals surface area (Å²) in [5.41, 5.74) is 0.213. The third-order valence-corrected chi connectivity index (χ3v) is 3.87. The quantitative estimate of drug-likeness (QED) is 0.722.